The smallest absolute Gasteiger partial charge is 0.310 e. The highest BCUT2D eigenvalue weighted by Gasteiger charge is 2.42. The van der Waals surface area contributed by atoms with Crippen molar-refractivity contribution in [1.29, 1.82) is 0 Å². The Morgan fingerprint density at radius 1 is 0.735 bits per heavy atom. The van der Waals surface area contributed by atoms with E-state index in [0.29, 0.717) is 38.2 Å². The van der Waals surface area contributed by atoms with Crippen LogP contribution in [-0.4, -0.2) is 36.7 Å². The summed E-state index contributed by atoms with van der Waals surface area (Å²) in [4.78, 5) is 38.7. The number of rotatable bonds is 13. The van der Waals surface area contributed by atoms with E-state index in [2.05, 4.69) is 13.8 Å². The first-order valence-corrected chi connectivity index (χ1v) is 14.0. The summed E-state index contributed by atoms with van der Waals surface area (Å²) < 4.78 is 17.3. The average Bonchev–Trinajstić information content (AvgIpc) is 2.89. The summed E-state index contributed by atoms with van der Waals surface area (Å²) in [6.45, 7) is 8.71. The van der Waals surface area contributed by atoms with Gasteiger partial charge in [-0.15, -0.1) is 0 Å². The first-order valence-electron chi connectivity index (χ1n) is 14.0. The molecular formula is C28H48O6. The van der Waals surface area contributed by atoms with Crippen LogP contribution < -0.4 is 0 Å². The Morgan fingerprint density at radius 2 is 1.29 bits per heavy atom. The van der Waals surface area contributed by atoms with Crippen molar-refractivity contribution in [2.75, 3.05) is 13.2 Å². The van der Waals surface area contributed by atoms with Crippen LogP contribution in [0.25, 0.3) is 0 Å². The molecule has 2 unspecified atom stereocenters. The summed E-state index contributed by atoms with van der Waals surface area (Å²) in [6.07, 6.45) is 12.3. The minimum Gasteiger partial charge on any atom is -0.465 e. The maximum absolute atomic E-state index is 13.3. The van der Waals surface area contributed by atoms with Crippen LogP contribution in [0.5, 0.6) is 0 Å². The molecule has 196 valence electrons. The maximum atomic E-state index is 13.3. The average molecular weight is 481 g/mol. The van der Waals surface area contributed by atoms with Crippen molar-refractivity contribution in [1.82, 2.24) is 0 Å². The Balaban J connectivity index is 1.95. The third-order valence-electron chi connectivity index (χ3n) is 8.32. The minimum absolute atomic E-state index is 0.0339. The van der Waals surface area contributed by atoms with E-state index >= 15 is 0 Å². The molecule has 0 saturated heterocycles. The number of carbonyl (C=O) groups excluding carboxylic acids is 3. The van der Waals surface area contributed by atoms with Crippen molar-refractivity contribution >= 4 is 17.9 Å². The van der Waals surface area contributed by atoms with Crippen LogP contribution in [0.3, 0.4) is 0 Å². The Kier molecular flexibility index (Phi) is 12.4. The molecule has 0 aromatic heterocycles. The van der Waals surface area contributed by atoms with E-state index in [0.717, 1.165) is 57.8 Å². The topological polar surface area (TPSA) is 78.9 Å². The second kappa shape index (κ2) is 14.7. The van der Waals surface area contributed by atoms with Gasteiger partial charge in [0, 0.05) is 0 Å². The van der Waals surface area contributed by atoms with Crippen molar-refractivity contribution < 1.29 is 28.6 Å². The summed E-state index contributed by atoms with van der Waals surface area (Å²) in [7, 11) is 0. The molecule has 2 saturated carbocycles. The lowest BCUT2D eigenvalue weighted by molar-refractivity contribution is -0.184. The maximum Gasteiger partial charge on any atom is 0.310 e. The Labute approximate surface area is 206 Å². The molecule has 34 heavy (non-hydrogen) atoms. The normalized spacial score (nSPS) is 21.8. The molecule has 0 aromatic carbocycles. The molecule has 2 fully saturated rings. The van der Waals surface area contributed by atoms with Gasteiger partial charge in [-0.2, -0.15) is 0 Å². The van der Waals surface area contributed by atoms with Crippen molar-refractivity contribution in [3.63, 3.8) is 0 Å². The van der Waals surface area contributed by atoms with Gasteiger partial charge in [-0.25, -0.2) is 0 Å². The van der Waals surface area contributed by atoms with E-state index in [1.165, 1.54) is 6.42 Å². The number of hydrogen-bond acceptors (Lipinski definition) is 6. The Hall–Kier alpha value is -1.59. The van der Waals surface area contributed by atoms with Gasteiger partial charge in [0.15, 0.2) is 0 Å². The highest BCUT2D eigenvalue weighted by molar-refractivity contribution is 5.82. The van der Waals surface area contributed by atoms with E-state index in [9.17, 15) is 14.4 Å². The molecule has 0 radical (unpaired) electrons. The largest absolute Gasteiger partial charge is 0.465 e. The second-order valence-corrected chi connectivity index (χ2v) is 10.4. The SMILES string of the molecule is CCC(CC)CCOC(=O)C1CCCCC1C(=O)OC(CC)(CC)COC(=O)C1CCCCC1. The van der Waals surface area contributed by atoms with Gasteiger partial charge in [0.25, 0.3) is 0 Å². The lowest BCUT2D eigenvalue weighted by Crippen LogP contribution is -2.44. The van der Waals surface area contributed by atoms with E-state index in [1.807, 2.05) is 13.8 Å². The predicted molar refractivity (Wildman–Crippen MR) is 132 cm³/mol. The zero-order chi connectivity index (χ0) is 25.0. The molecule has 0 bridgehead atoms. The molecule has 2 aliphatic carbocycles. The summed E-state index contributed by atoms with van der Waals surface area (Å²) in [5, 5.41) is 0. The van der Waals surface area contributed by atoms with Crippen LogP contribution in [0.2, 0.25) is 0 Å². The van der Waals surface area contributed by atoms with Gasteiger partial charge in [-0.1, -0.05) is 72.6 Å². The van der Waals surface area contributed by atoms with Gasteiger partial charge in [0.2, 0.25) is 0 Å². The number of hydrogen-bond donors (Lipinski definition) is 0. The zero-order valence-electron chi connectivity index (χ0n) is 22.1. The number of ether oxygens (including phenoxy) is 3. The van der Waals surface area contributed by atoms with E-state index in [4.69, 9.17) is 14.2 Å². The van der Waals surface area contributed by atoms with Crippen LogP contribution >= 0.6 is 0 Å². The molecule has 0 aromatic rings. The summed E-state index contributed by atoms with van der Waals surface area (Å²) in [5.74, 6) is -1.19. The summed E-state index contributed by atoms with van der Waals surface area (Å²) in [5.41, 5.74) is -0.844. The minimum atomic E-state index is -0.844. The van der Waals surface area contributed by atoms with Gasteiger partial charge < -0.3 is 14.2 Å². The third-order valence-corrected chi connectivity index (χ3v) is 8.32. The Morgan fingerprint density at radius 3 is 1.85 bits per heavy atom. The quantitative estimate of drug-likeness (QED) is 0.224. The molecule has 6 nitrogen and oxygen atoms in total. The molecule has 0 spiro atoms. The molecule has 0 amide bonds. The zero-order valence-corrected chi connectivity index (χ0v) is 22.1. The van der Waals surface area contributed by atoms with Crippen molar-refractivity contribution in [2.24, 2.45) is 23.7 Å². The van der Waals surface area contributed by atoms with Gasteiger partial charge >= 0.3 is 17.9 Å². The monoisotopic (exact) mass is 480 g/mol. The molecule has 0 aliphatic heterocycles. The standard InChI is InChI=1S/C28H48O6/c1-5-21(6-2)18-19-32-26(30)23-16-12-13-17-24(23)27(31)34-28(7-3,8-4)20-33-25(29)22-14-10-9-11-15-22/h21-24H,5-20H2,1-4H3. The fraction of sp³-hybridized carbons (Fsp3) is 0.893. The highest BCUT2D eigenvalue weighted by atomic mass is 16.6. The molecule has 2 aliphatic rings. The molecular weight excluding hydrogens is 432 g/mol. The summed E-state index contributed by atoms with van der Waals surface area (Å²) in [6, 6.07) is 0. The molecule has 0 heterocycles. The van der Waals surface area contributed by atoms with Crippen LogP contribution in [0.15, 0.2) is 0 Å². The molecule has 2 rings (SSSR count). The van der Waals surface area contributed by atoms with Crippen LogP contribution in [-0.2, 0) is 28.6 Å². The fourth-order valence-electron chi connectivity index (χ4n) is 5.40. The number of carbonyl (C=O) groups is 3. The van der Waals surface area contributed by atoms with Crippen molar-refractivity contribution in [2.45, 2.75) is 123 Å². The van der Waals surface area contributed by atoms with Gasteiger partial charge in [0.1, 0.15) is 12.2 Å². The molecule has 6 heteroatoms. The van der Waals surface area contributed by atoms with E-state index < -0.39 is 17.4 Å². The predicted octanol–water partition coefficient (Wildman–Crippen LogP) is 6.39. The van der Waals surface area contributed by atoms with Crippen LogP contribution in [0.4, 0.5) is 0 Å². The van der Waals surface area contributed by atoms with Gasteiger partial charge in [-0.05, 0) is 50.9 Å². The van der Waals surface area contributed by atoms with E-state index in [1.54, 1.807) is 0 Å². The Bertz CT molecular complexity index is 631. The van der Waals surface area contributed by atoms with Crippen LogP contribution in [0, 0.1) is 23.7 Å². The van der Waals surface area contributed by atoms with Crippen LogP contribution in [0.1, 0.15) is 118 Å². The molecule has 2 atom stereocenters. The fourth-order valence-corrected chi connectivity index (χ4v) is 5.40. The van der Waals surface area contributed by atoms with Crippen molar-refractivity contribution in [3.05, 3.63) is 0 Å². The lowest BCUT2D eigenvalue weighted by Gasteiger charge is -2.35. The van der Waals surface area contributed by atoms with Crippen molar-refractivity contribution in [3.8, 4) is 0 Å². The second-order valence-electron chi connectivity index (χ2n) is 10.4. The number of esters is 3. The van der Waals surface area contributed by atoms with Gasteiger partial charge in [-0.3, -0.25) is 14.4 Å². The third kappa shape index (κ3) is 8.27. The summed E-state index contributed by atoms with van der Waals surface area (Å²) >= 11 is 0. The molecule has 0 N–H and O–H groups in total. The first kappa shape index (κ1) is 28.6. The highest BCUT2D eigenvalue weighted by Crippen LogP contribution is 2.35. The van der Waals surface area contributed by atoms with Gasteiger partial charge in [0.05, 0.1) is 24.4 Å². The van der Waals surface area contributed by atoms with E-state index in [-0.39, 0.29) is 30.4 Å². The lowest BCUT2D eigenvalue weighted by atomic mass is 9.79. The first-order chi connectivity index (χ1) is 16.4.